The van der Waals surface area contributed by atoms with Gasteiger partial charge in [-0.25, -0.2) is 9.59 Å². The van der Waals surface area contributed by atoms with Crippen molar-refractivity contribution >= 4 is 11.9 Å². The third kappa shape index (κ3) is 4.12. The van der Waals surface area contributed by atoms with Crippen molar-refractivity contribution in [1.82, 2.24) is 10.6 Å². The van der Waals surface area contributed by atoms with Crippen LogP contribution < -0.4 is 20.1 Å². The fourth-order valence-electron chi connectivity index (χ4n) is 10.5. The van der Waals surface area contributed by atoms with E-state index in [9.17, 15) is 9.59 Å². The number of carbonyl (C=O) groups is 2. The molecule has 2 aromatic rings. The van der Waals surface area contributed by atoms with Gasteiger partial charge in [0.15, 0.2) is 0 Å². The topological polar surface area (TPSA) is 76.7 Å². The molecule has 2 saturated heterocycles. The molecule has 0 radical (unpaired) electrons. The zero-order chi connectivity index (χ0) is 28.3. The molecule has 4 bridgehead atoms. The molecule has 42 heavy (non-hydrogen) atoms. The van der Waals surface area contributed by atoms with E-state index in [-0.39, 0.29) is 10.8 Å². The predicted octanol–water partition coefficient (Wildman–Crippen LogP) is 5.45. The summed E-state index contributed by atoms with van der Waals surface area (Å²) >= 11 is 0. The maximum Gasteiger partial charge on any atom is 0.336 e. The molecule has 2 heterocycles. The first-order chi connectivity index (χ1) is 20.6. The summed E-state index contributed by atoms with van der Waals surface area (Å²) in [4.78, 5) is 25.9. The molecule has 4 fully saturated rings. The Morgan fingerprint density at radius 2 is 1.14 bits per heavy atom. The lowest BCUT2D eigenvalue weighted by atomic mass is 9.53. The lowest BCUT2D eigenvalue weighted by molar-refractivity contribution is -0.131. The minimum atomic E-state index is -0.542. The van der Waals surface area contributed by atoms with Crippen LogP contribution in [0.25, 0.3) is 0 Å². The normalized spacial score (nSPS) is 34.4. The molecule has 2 aliphatic heterocycles. The Morgan fingerprint density at radius 1 is 0.667 bits per heavy atom. The second-order valence-electron chi connectivity index (χ2n) is 13.8. The minimum Gasteiger partial charge on any atom is -0.423 e. The first-order valence-electron chi connectivity index (χ1n) is 16.4. The number of hydrogen-bond donors (Lipinski definition) is 2. The van der Waals surface area contributed by atoms with Crippen molar-refractivity contribution in [2.75, 3.05) is 13.1 Å². The number of ether oxygens (including phenoxy) is 2. The van der Waals surface area contributed by atoms with Crippen molar-refractivity contribution < 1.29 is 19.1 Å². The highest BCUT2D eigenvalue weighted by atomic mass is 16.5. The summed E-state index contributed by atoms with van der Waals surface area (Å²) in [5.41, 5.74) is 5.48. The molecule has 6 nitrogen and oxygen atoms in total. The van der Waals surface area contributed by atoms with Crippen molar-refractivity contribution in [2.45, 2.75) is 100.0 Å². The fourth-order valence-corrected chi connectivity index (χ4v) is 10.5. The molecule has 0 aromatic heterocycles. The van der Waals surface area contributed by atoms with Gasteiger partial charge in [-0.3, -0.25) is 0 Å². The third-order valence-electron chi connectivity index (χ3n) is 12.1. The van der Waals surface area contributed by atoms with Gasteiger partial charge in [0, 0.05) is 46.2 Å². The summed E-state index contributed by atoms with van der Waals surface area (Å²) in [5, 5.41) is 7.52. The molecular weight excluding hydrogens is 524 g/mol. The Hall–Kier alpha value is -2.96. The molecule has 4 aliphatic carbocycles. The molecule has 2 aromatic carbocycles. The van der Waals surface area contributed by atoms with Gasteiger partial charge in [0.05, 0.1) is 0 Å². The Bertz CT molecular complexity index is 1330. The lowest BCUT2D eigenvalue weighted by Gasteiger charge is -2.56. The smallest absolute Gasteiger partial charge is 0.336 e. The highest BCUT2D eigenvalue weighted by Crippen LogP contribution is 2.56. The predicted molar refractivity (Wildman–Crippen MR) is 161 cm³/mol. The van der Waals surface area contributed by atoms with Gasteiger partial charge in [-0.1, -0.05) is 49.9 Å². The van der Waals surface area contributed by atoms with Gasteiger partial charge in [-0.2, -0.15) is 0 Å². The molecular formula is C36H42N2O4. The second-order valence-corrected chi connectivity index (χ2v) is 13.8. The summed E-state index contributed by atoms with van der Waals surface area (Å²) in [7, 11) is 0. The summed E-state index contributed by atoms with van der Waals surface area (Å²) in [6, 6.07) is 13.3. The molecule has 8 rings (SSSR count). The highest BCUT2D eigenvalue weighted by Gasteiger charge is 2.53. The van der Waals surface area contributed by atoms with Gasteiger partial charge in [0.2, 0.25) is 0 Å². The Labute approximate surface area is 248 Å². The Balaban J connectivity index is 0.992. The van der Waals surface area contributed by atoms with Gasteiger partial charge < -0.3 is 20.1 Å². The summed E-state index contributed by atoms with van der Waals surface area (Å²) < 4.78 is 11.8. The molecule has 6 aliphatic rings. The molecule has 220 valence electrons. The molecule has 2 saturated carbocycles. The number of fused-ring (bicyclic) bond motifs is 2. The zero-order valence-corrected chi connectivity index (χ0v) is 24.5. The molecule has 6 atom stereocenters. The SMILES string of the molecule is O=C(/C=C\C(=O)Oc1cccc2c1C[C@H]1NCC[C@@]23CCCC[C@@H]13)Oc1cccc2c1C[C@H]1NCC[C@@]23CCCC[C@@H]13. The number of hydrogen-bond acceptors (Lipinski definition) is 6. The van der Waals surface area contributed by atoms with Gasteiger partial charge in [0.25, 0.3) is 0 Å². The number of esters is 2. The van der Waals surface area contributed by atoms with E-state index in [0.29, 0.717) is 35.4 Å². The van der Waals surface area contributed by atoms with Gasteiger partial charge in [-0.05, 0) is 99.6 Å². The number of rotatable bonds is 4. The fraction of sp³-hybridized carbons (Fsp3) is 0.556. The van der Waals surface area contributed by atoms with Crippen molar-refractivity contribution in [3.63, 3.8) is 0 Å². The van der Waals surface area contributed by atoms with Gasteiger partial charge >= 0.3 is 11.9 Å². The van der Waals surface area contributed by atoms with E-state index in [0.717, 1.165) is 49.9 Å². The van der Waals surface area contributed by atoms with Gasteiger partial charge in [-0.15, -0.1) is 0 Å². The standard InChI is InChI=1S/C36H42N2O4/c39-33(41-31-11-5-9-25-23(31)21-29-27-7-1-3-15-35(25,27)17-19-37-29)13-14-34(40)42-32-12-6-10-26-24(32)22-30-28-8-2-4-16-36(26,28)18-20-38-30/h5-6,9-14,27-30,37-38H,1-4,7-8,15-22H2/b14-13-/t27-,28-,29+,30+,35-,36-/m0/s1. The zero-order valence-electron chi connectivity index (χ0n) is 24.5. The van der Waals surface area contributed by atoms with Crippen LogP contribution in [-0.2, 0) is 33.3 Å². The van der Waals surface area contributed by atoms with Crippen LogP contribution in [0.3, 0.4) is 0 Å². The van der Waals surface area contributed by atoms with Crippen LogP contribution in [0.15, 0.2) is 48.6 Å². The molecule has 0 spiro atoms. The maximum absolute atomic E-state index is 13.0. The third-order valence-corrected chi connectivity index (χ3v) is 12.1. The summed E-state index contributed by atoms with van der Waals surface area (Å²) in [5.74, 6) is 1.50. The van der Waals surface area contributed by atoms with E-state index in [1.54, 1.807) is 0 Å². The highest BCUT2D eigenvalue weighted by molar-refractivity contribution is 5.93. The monoisotopic (exact) mass is 566 g/mol. The van der Waals surface area contributed by atoms with Crippen molar-refractivity contribution in [1.29, 1.82) is 0 Å². The maximum atomic E-state index is 13.0. The minimum absolute atomic E-state index is 0.198. The van der Waals surface area contributed by atoms with Gasteiger partial charge in [0.1, 0.15) is 11.5 Å². The number of benzene rings is 2. The van der Waals surface area contributed by atoms with Crippen LogP contribution >= 0.6 is 0 Å². The number of nitrogens with one attached hydrogen (secondary N) is 2. The van der Waals surface area contributed by atoms with Crippen molar-refractivity contribution in [2.24, 2.45) is 11.8 Å². The average Bonchev–Trinajstić information content (AvgIpc) is 3.01. The summed E-state index contributed by atoms with van der Waals surface area (Å²) in [6.45, 7) is 2.11. The summed E-state index contributed by atoms with van der Waals surface area (Å²) in [6.07, 6.45) is 16.6. The first kappa shape index (κ1) is 26.7. The van der Waals surface area contributed by atoms with Crippen LogP contribution in [0.1, 0.15) is 86.5 Å². The number of carbonyl (C=O) groups excluding carboxylic acids is 2. The lowest BCUT2D eigenvalue weighted by Crippen LogP contribution is -2.59. The largest absolute Gasteiger partial charge is 0.423 e. The van der Waals surface area contributed by atoms with E-state index in [2.05, 4.69) is 22.8 Å². The van der Waals surface area contributed by atoms with Crippen LogP contribution in [0.5, 0.6) is 11.5 Å². The van der Waals surface area contributed by atoms with E-state index in [1.807, 2.05) is 24.3 Å². The van der Waals surface area contributed by atoms with E-state index in [4.69, 9.17) is 9.47 Å². The van der Waals surface area contributed by atoms with E-state index < -0.39 is 11.9 Å². The van der Waals surface area contributed by atoms with Crippen molar-refractivity contribution in [3.05, 3.63) is 70.8 Å². The second kappa shape index (κ2) is 10.3. The molecule has 0 amide bonds. The molecule has 2 N–H and O–H groups in total. The van der Waals surface area contributed by atoms with Crippen molar-refractivity contribution in [3.8, 4) is 11.5 Å². The van der Waals surface area contributed by atoms with Crippen LogP contribution in [0.4, 0.5) is 0 Å². The van der Waals surface area contributed by atoms with E-state index >= 15 is 0 Å². The Morgan fingerprint density at radius 3 is 1.62 bits per heavy atom. The molecule has 6 heteroatoms. The number of piperidine rings is 2. The van der Waals surface area contributed by atoms with E-state index in [1.165, 1.54) is 74.6 Å². The molecule has 0 unspecified atom stereocenters. The quantitative estimate of drug-likeness (QED) is 0.291. The first-order valence-corrected chi connectivity index (χ1v) is 16.4. The average molecular weight is 567 g/mol. The van der Waals surface area contributed by atoms with Crippen LogP contribution in [0.2, 0.25) is 0 Å². The van der Waals surface area contributed by atoms with Crippen LogP contribution in [0, 0.1) is 11.8 Å². The van der Waals surface area contributed by atoms with Crippen LogP contribution in [-0.4, -0.2) is 37.1 Å². The Kier molecular flexibility index (Phi) is 6.56.